The molecule has 0 saturated carbocycles. The number of rotatable bonds is 0. The van der Waals surface area contributed by atoms with E-state index >= 15 is 0 Å². The number of fused-ring (bicyclic) bond motifs is 1. The molecule has 0 aromatic heterocycles. The largest absolute Gasteiger partial charge is 0.291 e. The van der Waals surface area contributed by atoms with E-state index < -0.39 is 11.5 Å². The second-order valence-corrected chi connectivity index (χ2v) is 3.29. The summed E-state index contributed by atoms with van der Waals surface area (Å²) in [7, 11) is 0. The van der Waals surface area contributed by atoms with Gasteiger partial charge < -0.3 is 0 Å². The molecule has 1 nitrogen and oxygen atoms in total. The van der Waals surface area contributed by atoms with Crippen LogP contribution < -0.4 is 0 Å². The van der Waals surface area contributed by atoms with Crippen LogP contribution in [0.5, 0.6) is 0 Å². The number of ketones is 1. The summed E-state index contributed by atoms with van der Waals surface area (Å²) in [4.78, 5) is 11.2. The fourth-order valence-corrected chi connectivity index (χ4v) is 1.52. The van der Waals surface area contributed by atoms with Crippen LogP contribution >= 0.6 is 0 Å². The van der Waals surface area contributed by atoms with Gasteiger partial charge in [0.15, 0.2) is 11.5 Å². The highest BCUT2D eigenvalue weighted by molar-refractivity contribution is 6.03. The molecule has 13 heavy (non-hydrogen) atoms. The molecule has 0 spiro atoms. The van der Waals surface area contributed by atoms with Gasteiger partial charge in [0.05, 0.1) is 0 Å². The van der Waals surface area contributed by atoms with Gasteiger partial charge in [-0.1, -0.05) is 30.3 Å². The molecule has 0 N–H and O–H groups in total. The predicted molar refractivity (Wildman–Crippen MR) is 48.9 cm³/mol. The van der Waals surface area contributed by atoms with Crippen LogP contribution in [0.15, 0.2) is 30.3 Å². The van der Waals surface area contributed by atoms with Crippen LogP contribution in [0, 0.1) is 0 Å². The summed E-state index contributed by atoms with van der Waals surface area (Å²) in [5.41, 5.74) is -0.611. The van der Waals surface area contributed by atoms with Crippen LogP contribution in [-0.4, -0.2) is 5.78 Å². The van der Waals surface area contributed by atoms with Crippen LogP contribution in [0.25, 0.3) is 6.08 Å². The van der Waals surface area contributed by atoms with Gasteiger partial charge in [0.25, 0.3) is 0 Å². The van der Waals surface area contributed by atoms with E-state index in [0.29, 0.717) is 5.56 Å². The molecule has 0 heterocycles. The van der Waals surface area contributed by atoms with Crippen molar-refractivity contribution in [3.63, 3.8) is 0 Å². The zero-order valence-electron chi connectivity index (χ0n) is 7.25. The molecule has 0 saturated heterocycles. The maximum absolute atomic E-state index is 13.9. The zero-order chi connectivity index (χ0) is 9.47. The first-order chi connectivity index (χ1) is 6.12. The fraction of sp³-hybridized carbons (Fsp3) is 0.182. The maximum Gasteiger partial charge on any atom is 0.197 e. The van der Waals surface area contributed by atoms with Crippen LogP contribution in [0.3, 0.4) is 0 Å². The van der Waals surface area contributed by atoms with Crippen LogP contribution in [-0.2, 0) is 10.5 Å². The van der Waals surface area contributed by atoms with Gasteiger partial charge in [-0.15, -0.1) is 0 Å². The second-order valence-electron chi connectivity index (χ2n) is 3.29. The van der Waals surface area contributed by atoms with Crippen LogP contribution in [0.1, 0.15) is 18.1 Å². The van der Waals surface area contributed by atoms with Crippen molar-refractivity contribution in [2.45, 2.75) is 12.6 Å². The van der Waals surface area contributed by atoms with Gasteiger partial charge >= 0.3 is 0 Å². The average molecular weight is 176 g/mol. The highest BCUT2D eigenvalue weighted by Gasteiger charge is 2.36. The monoisotopic (exact) mass is 176 g/mol. The summed E-state index contributed by atoms with van der Waals surface area (Å²) >= 11 is 0. The summed E-state index contributed by atoms with van der Waals surface area (Å²) in [5.74, 6) is -0.480. The van der Waals surface area contributed by atoms with E-state index in [1.54, 1.807) is 24.3 Å². The summed E-state index contributed by atoms with van der Waals surface area (Å²) in [6.45, 7) is 1.30. The van der Waals surface area contributed by atoms with E-state index in [-0.39, 0.29) is 0 Å². The van der Waals surface area contributed by atoms with Crippen molar-refractivity contribution in [1.29, 1.82) is 0 Å². The Kier molecular flexibility index (Phi) is 1.59. The Morgan fingerprint density at radius 2 is 1.92 bits per heavy atom. The van der Waals surface area contributed by atoms with Gasteiger partial charge in [-0.2, -0.15) is 0 Å². The number of allylic oxidation sites excluding steroid dienone is 1. The Morgan fingerprint density at radius 1 is 1.23 bits per heavy atom. The third kappa shape index (κ3) is 1.10. The quantitative estimate of drug-likeness (QED) is 0.593. The van der Waals surface area contributed by atoms with Crippen molar-refractivity contribution in [3.8, 4) is 0 Å². The summed E-state index contributed by atoms with van der Waals surface area (Å²) < 4.78 is 13.9. The highest BCUT2D eigenvalue weighted by Crippen LogP contribution is 2.33. The highest BCUT2D eigenvalue weighted by atomic mass is 19.1. The first-order valence-corrected chi connectivity index (χ1v) is 4.13. The molecule has 1 atom stereocenters. The molecule has 0 unspecified atom stereocenters. The number of alkyl halides is 1. The van der Waals surface area contributed by atoms with Crippen molar-refractivity contribution in [2.24, 2.45) is 0 Å². The van der Waals surface area contributed by atoms with E-state index in [1.807, 2.05) is 6.07 Å². The van der Waals surface area contributed by atoms with Gasteiger partial charge in [0.2, 0.25) is 0 Å². The average Bonchev–Trinajstić information content (AvgIpc) is 2.13. The molecule has 0 bridgehead atoms. The third-order valence-corrected chi connectivity index (χ3v) is 2.34. The molecule has 0 fully saturated rings. The van der Waals surface area contributed by atoms with E-state index in [4.69, 9.17) is 0 Å². The van der Waals surface area contributed by atoms with Crippen LogP contribution in [0.2, 0.25) is 0 Å². The topological polar surface area (TPSA) is 17.1 Å². The molecule has 1 aliphatic carbocycles. The molecular formula is C11H9FO. The molecule has 0 radical (unpaired) electrons. The second kappa shape index (κ2) is 2.52. The lowest BCUT2D eigenvalue weighted by atomic mass is 9.85. The fourth-order valence-electron chi connectivity index (χ4n) is 1.52. The molecule has 1 aliphatic rings. The zero-order valence-corrected chi connectivity index (χ0v) is 7.25. The van der Waals surface area contributed by atoms with Crippen molar-refractivity contribution in [2.75, 3.05) is 0 Å². The van der Waals surface area contributed by atoms with Gasteiger partial charge in [-0.05, 0) is 18.6 Å². The minimum Gasteiger partial charge on any atom is -0.291 e. The molecule has 1 aromatic rings. The molecule has 66 valence electrons. The van der Waals surface area contributed by atoms with Crippen molar-refractivity contribution < 1.29 is 9.18 Å². The van der Waals surface area contributed by atoms with Gasteiger partial charge in [0.1, 0.15) is 0 Å². The van der Waals surface area contributed by atoms with Crippen LogP contribution in [0.4, 0.5) is 4.39 Å². The summed E-state index contributed by atoms with van der Waals surface area (Å²) in [5, 5.41) is 0. The predicted octanol–water partition coefficient (Wildman–Crippen LogP) is 2.47. The number of benzene rings is 1. The van der Waals surface area contributed by atoms with E-state index in [1.165, 1.54) is 13.0 Å². The maximum atomic E-state index is 13.9. The third-order valence-electron chi connectivity index (χ3n) is 2.34. The Hall–Kier alpha value is -1.44. The Balaban J connectivity index is 2.68. The van der Waals surface area contributed by atoms with E-state index in [9.17, 15) is 9.18 Å². The normalized spacial score (nSPS) is 25.8. The number of carbonyl (C=O) groups is 1. The summed E-state index contributed by atoms with van der Waals surface area (Å²) in [6, 6.07) is 7.02. The first kappa shape index (κ1) is 8.17. The number of halogens is 1. The number of carbonyl (C=O) groups excluding carboxylic acids is 1. The molecule has 2 heteroatoms. The van der Waals surface area contributed by atoms with Gasteiger partial charge in [-0.3, -0.25) is 4.79 Å². The summed E-state index contributed by atoms with van der Waals surface area (Å²) in [6.07, 6.45) is 2.95. The molecule has 0 amide bonds. The van der Waals surface area contributed by atoms with Gasteiger partial charge in [0, 0.05) is 5.56 Å². The Bertz CT molecular complexity index is 391. The molecule has 1 aromatic carbocycles. The van der Waals surface area contributed by atoms with Crippen molar-refractivity contribution in [3.05, 3.63) is 41.5 Å². The minimum atomic E-state index is -1.86. The van der Waals surface area contributed by atoms with Gasteiger partial charge in [-0.25, -0.2) is 4.39 Å². The van der Waals surface area contributed by atoms with E-state index in [2.05, 4.69) is 0 Å². The Labute approximate surface area is 75.9 Å². The smallest absolute Gasteiger partial charge is 0.197 e. The molecular weight excluding hydrogens is 167 g/mol. The number of hydrogen-bond acceptors (Lipinski definition) is 1. The molecule has 2 rings (SSSR count). The van der Waals surface area contributed by atoms with Crippen molar-refractivity contribution >= 4 is 11.9 Å². The lowest BCUT2D eigenvalue weighted by Crippen LogP contribution is -2.28. The molecule has 0 aliphatic heterocycles. The SMILES string of the molecule is C[C@@]1(F)C(=O)C=Cc2ccccc21. The van der Waals surface area contributed by atoms with Crippen molar-refractivity contribution in [1.82, 2.24) is 0 Å². The first-order valence-electron chi connectivity index (χ1n) is 4.13. The van der Waals surface area contributed by atoms with E-state index in [0.717, 1.165) is 5.56 Å². The lowest BCUT2D eigenvalue weighted by molar-refractivity contribution is -0.125. The minimum absolute atomic E-state index is 0.461. The number of hydrogen-bond donors (Lipinski definition) is 0. The standard InChI is InChI=1S/C11H9FO/c1-11(12)9-5-3-2-4-8(9)6-7-10(11)13/h2-7H,1H3/t11-/m0/s1. The lowest BCUT2D eigenvalue weighted by Gasteiger charge is -2.23. The Morgan fingerprint density at radius 3 is 2.69 bits per heavy atom.